The van der Waals surface area contributed by atoms with Crippen molar-refractivity contribution in [2.24, 2.45) is 0 Å². The van der Waals surface area contributed by atoms with E-state index in [-0.39, 0.29) is 5.91 Å². The van der Waals surface area contributed by atoms with Gasteiger partial charge in [-0.1, -0.05) is 30.3 Å². The highest BCUT2D eigenvalue weighted by molar-refractivity contribution is 5.92. The maximum Gasteiger partial charge on any atom is 0.270 e. The second kappa shape index (κ2) is 7.06. The van der Waals surface area contributed by atoms with Crippen LogP contribution in [0.1, 0.15) is 34.6 Å². The topological polar surface area (TPSA) is 90.9 Å². The maximum absolute atomic E-state index is 12.2. The number of hydrogen-bond donors (Lipinski definition) is 3. The number of aliphatic hydroxyl groups excluding tert-OH is 1. The maximum atomic E-state index is 12.2. The molecule has 6 nitrogen and oxygen atoms in total. The van der Waals surface area contributed by atoms with Crippen LogP contribution in [0.25, 0.3) is 11.1 Å². The molecule has 6 heteroatoms. The van der Waals surface area contributed by atoms with E-state index in [2.05, 4.69) is 20.5 Å². The van der Waals surface area contributed by atoms with Crippen LogP contribution >= 0.6 is 0 Å². The highest BCUT2D eigenvalue weighted by Gasteiger charge is 2.08. The van der Waals surface area contributed by atoms with Gasteiger partial charge < -0.3 is 10.4 Å². The molecule has 1 aromatic carbocycles. The van der Waals surface area contributed by atoms with Crippen LogP contribution in [0.4, 0.5) is 0 Å². The Bertz CT molecular complexity index is 794. The molecule has 0 bridgehead atoms. The first-order valence-corrected chi connectivity index (χ1v) is 7.64. The summed E-state index contributed by atoms with van der Waals surface area (Å²) in [5.41, 5.74) is 3.99. The van der Waals surface area contributed by atoms with E-state index >= 15 is 0 Å². The molecule has 3 rings (SSSR count). The van der Waals surface area contributed by atoms with Gasteiger partial charge in [0.1, 0.15) is 5.69 Å². The van der Waals surface area contributed by atoms with E-state index in [9.17, 15) is 9.90 Å². The van der Waals surface area contributed by atoms with E-state index in [1.54, 1.807) is 31.6 Å². The Hall–Kier alpha value is -2.99. The number of rotatable bonds is 5. The van der Waals surface area contributed by atoms with Crippen LogP contribution in [0.2, 0.25) is 0 Å². The molecule has 1 unspecified atom stereocenters. The van der Waals surface area contributed by atoms with E-state index in [1.807, 2.05) is 30.3 Å². The van der Waals surface area contributed by atoms with Gasteiger partial charge in [-0.25, -0.2) is 0 Å². The van der Waals surface area contributed by atoms with Crippen molar-refractivity contribution in [3.63, 3.8) is 0 Å². The highest BCUT2D eigenvalue weighted by Crippen LogP contribution is 2.16. The Morgan fingerprint density at radius 1 is 1.17 bits per heavy atom. The molecule has 3 aromatic rings. The third-order valence-corrected chi connectivity index (χ3v) is 3.74. The van der Waals surface area contributed by atoms with Gasteiger partial charge in [0, 0.05) is 30.1 Å². The standard InChI is InChI=1S/C18H18N4O2/c1-12(23)14-4-2-13(3-5-14)8-20-18(24)17-7-6-15(9-19-17)16-10-21-22-11-16/h2-7,9-12,23H,8H2,1H3,(H,20,24)(H,21,22). The van der Waals surface area contributed by atoms with Crippen molar-refractivity contribution in [2.45, 2.75) is 19.6 Å². The van der Waals surface area contributed by atoms with Crippen molar-refractivity contribution in [3.05, 3.63) is 71.8 Å². The number of nitrogens with one attached hydrogen (secondary N) is 2. The van der Waals surface area contributed by atoms with Crippen molar-refractivity contribution in [2.75, 3.05) is 0 Å². The summed E-state index contributed by atoms with van der Waals surface area (Å²) in [5, 5.41) is 19.0. The molecular formula is C18H18N4O2. The van der Waals surface area contributed by atoms with Crippen LogP contribution in [0.5, 0.6) is 0 Å². The summed E-state index contributed by atoms with van der Waals surface area (Å²) in [5.74, 6) is -0.228. The number of pyridine rings is 1. The van der Waals surface area contributed by atoms with Gasteiger partial charge in [0.25, 0.3) is 5.91 Å². The Kier molecular flexibility index (Phi) is 4.67. The predicted octanol–water partition coefficient (Wildman–Crippen LogP) is 2.46. The molecule has 0 aliphatic rings. The average Bonchev–Trinajstić information content (AvgIpc) is 3.15. The summed E-state index contributed by atoms with van der Waals surface area (Å²) in [6, 6.07) is 11.0. The van der Waals surface area contributed by atoms with Gasteiger partial charge in [-0.3, -0.25) is 14.9 Å². The summed E-state index contributed by atoms with van der Waals surface area (Å²) in [6.07, 6.45) is 4.63. The number of aliphatic hydroxyl groups is 1. The first-order chi connectivity index (χ1) is 11.6. The zero-order chi connectivity index (χ0) is 16.9. The van der Waals surface area contributed by atoms with Crippen LogP contribution in [0.15, 0.2) is 55.0 Å². The van der Waals surface area contributed by atoms with Gasteiger partial charge in [-0.05, 0) is 24.1 Å². The van der Waals surface area contributed by atoms with Crippen LogP contribution < -0.4 is 5.32 Å². The summed E-state index contributed by atoms with van der Waals surface area (Å²) in [4.78, 5) is 16.4. The largest absolute Gasteiger partial charge is 0.389 e. The van der Waals surface area contributed by atoms with E-state index in [0.717, 1.165) is 22.3 Å². The van der Waals surface area contributed by atoms with Crippen LogP contribution in [0.3, 0.4) is 0 Å². The molecule has 0 aliphatic carbocycles. The van der Waals surface area contributed by atoms with Crippen molar-refractivity contribution in [1.29, 1.82) is 0 Å². The SMILES string of the molecule is CC(O)c1ccc(CNC(=O)c2ccc(-c3cn[nH]c3)cn2)cc1. The second-order valence-corrected chi connectivity index (χ2v) is 5.52. The molecule has 0 spiro atoms. The molecule has 2 heterocycles. The van der Waals surface area contributed by atoms with Gasteiger partial charge in [0.2, 0.25) is 0 Å². The molecule has 0 radical (unpaired) electrons. The molecule has 0 aliphatic heterocycles. The Morgan fingerprint density at radius 2 is 1.96 bits per heavy atom. The van der Waals surface area contributed by atoms with Crippen molar-refractivity contribution in [3.8, 4) is 11.1 Å². The molecule has 0 fully saturated rings. The first-order valence-electron chi connectivity index (χ1n) is 7.64. The molecular weight excluding hydrogens is 304 g/mol. The number of aromatic nitrogens is 3. The highest BCUT2D eigenvalue weighted by atomic mass is 16.3. The van der Waals surface area contributed by atoms with Gasteiger partial charge in [-0.15, -0.1) is 0 Å². The van der Waals surface area contributed by atoms with E-state index in [1.165, 1.54) is 0 Å². The number of H-pyrrole nitrogens is 1. The summed E-state index contributed by atoms with van der Waals surface area (Å²) in [6.45, 7) is 2.12. The molecule has 0 saturated carbocycles. The Labute approximate surface area is 139 Å². The predicted molar refractivity (Wildman–Crippen MR) is 90.1 cm³/mol. The lowest BCUT2D eigenvalue weighted by molar-refractivity contribution is 0.0946. The minimum absolute atomic E-state index is 0.228. The summed E-state index contributed by atoms with van der Waals surface area (Å²) in [7, 11) is 0. The third-order valence-electron chi connectivity index (χ3n) is 3.74. The fraction of sp³-hybridized carbons (Fsp3) is 0.167. The van der Waals surface area contributed by atoms with E-state index in [4.69, 9.17) is 0 Å². The lowest BCUT2D eigenvalue weighted by Crippen LogP contribution is -2.23. The minimum atomic E-state index is -0.494. The molecule has 1 amide bonds. The van der Waals surface area contributed by atoms with Gasteiger partial charge >= 0.3 is 0 Å². The third kappa shape index (κ3) is 3.67. The van der Waals surface area contributed by atoms with Crippen molar-refractivity contribution >= 4 is 5.91 Å². The monoisotopic (exact) mass is 322 g/mol. The van der Waals surface area contributed by atoms with Crippen molar-refractivity contribution < 1.29 is 9.90 Å². The molecule has 24 heavy (non-hydrogen) atoms. The average molecular weight is 322 g/mol. The van der Waals surface area contributed by atoms with Crippen LogP contribution in [0, 0.1) is 0 Å². The molecule has 1 atom stereocenters. The summed E-state index contributed by atoms with van der Waals surface area (Å²) >= 11 is 0. The van der Waals surface area contributed by atoms with Gasteiger partial charge in [0.15, 0.2) is 0 Å². The number of carbonyl (C=O) groups is 1. The van der Waals surface area contributed by atoms with Crippen LogP contribution in [-0.2, 0) is 6.54 Å². The zero-order valence-corrected chi connectivity index (χ0v) is 13.2. The van der Waals surface area contributed by atoms with E-state index < -0.39 is 6.10 Å². The molecule has 122 valence electrons. The Balaban J connectivity index is 1.60. The fourth-order valence-electron chi connectivity index (χ4n) is 2.29. The zero-order valence-electron chi connectivity index (χ0n) is 13.2. The molecule has 2 aromatic heterocycles. The normalized spacial score (nSPS) is 11.9. The number of benzene rings is 1. The smallest absolute Gasteiger partial charge is 0.270 e. The number of nitrogens with zero attached hydrogens (tertiary/aromatic N) is 2. The fourth-order valence-corrected chi connectivity index (χ4v) is 2.29. The van der Waals surface area contributed by atoms with E-state index in [0.29, 0.717) is 12.2 Å². The first kappa shape index (κ1) is 15.9. The van der Waals surface area contributed by atoms with Gasteiger partial charge in [-0.2, -0.15) is 5.10 Å². The molecule has 0 saturated heterocycles. The number of carbonyl (C=O) groups excluding carboxylic acids is 1. The Morgan fingerprint density at radius 3 is 2.54 bits per heavy atom. The van der Waals surface area contributed by atoms with Crippen LogP contribution in [-0.4, -0.2) is 26.2 Å². The van der Waals surface area contributed by atoms with Crippen molar-refractivity contribution in [1.82, 2.24) is 20.5 Å². The lowest BCUT2D eigenvalue weighted by Gasteiger charge is -2.08. The quantitative estimate of drug-likeness (QED) is 0.673. The minimum Gasteiger partial charge on any atom is -0.389 e. The molecule has 3 N–H and O–H groups in total. The van der Waals surface area contributed by atoms with Gasteiger partial charge in [0.05, 0.1) is 12.3 Å². The number of hydrogen-bond acceptors (Lipinski definition) is 4. The number of amides is 1. The lowest BCUT2D eigenvalue weighted by atomic mass is 10.1. The number of aromatic amines is 1. The second-order valence-electron chi connectivity index (χ2n) is 5.52. The summed E-state index contributed by atoms with van der Waals surface area (Å²) < 4.78 is 0.